The van der Waals surface area contributed by atoms with Gasteiger partial charge in [0.05, 0.1) is 6.04 Å². The molecule has 3 rings (SSSR count). The van der Waals surface area contributed by atoms with Gasteiger partial charge < -0.3 is 5.32 Å². The van der Waals surface area contributed by atoms with Crippen molar-refractivity contribution >= 4 is 15.9 Å². The van der Waals surface area contributed by atoms with E-state index >= 15 is 0 Å². The van der Waals surface area contributed by atoms with Gasteiger partial charge in [0, 0.05) is 4.47 Å². The zero-order valence-corrected chi connectivity index (χ0v) is 13.7. The molecule has 0 radical (unpaired) electrons. The maximum Gasteiger partial charge on any atom is 0.124 e. The molecule has 0 aromatic heterocycles. The zero-order chi connectivity index (χ0) is 14.8. The average molecular weight is 348 g/mol. The summed E-state index contributed by atoms with van der Waals surface area (Å²) in [6.07, 6.45) is 3.97. The van der Waals surface area contributed by atoms with Crippen LogP contribution in [-0.4, -0.2) is 7.05 Å². The molecule has 2 aromatic carbocycles. The summed E-state index contributed by atoms with van der Waals surface area (Å²) in [5.74, 6) is 0.529. The lowest BCUT2D eigenvalue weighted by atomic mass is 9.79. The second-order valence-electron chi connectivity index (χ2n) is 5.72. The summed E-state index contributed by atoms with van der Waals surface area (Å²) >= 11 is 3.36. The lowest BCUT2D eigenvalue weighted by Crippen LogP contribution is -2.18. The molecular formula is C18H19BrFN. The van der Waals surface area contributed by atoms with E-state index in [0.29, 0.717) is 0 Å². The topological polar surface area (TPSA) is 12.0 Å². The predicted molar refractivity (Wildman–Crippen MR) is 88.0 cm³/mol. The molecular weight excluding hydrogens is 329 g/mol. The Labute approximate surface area is 133 Å². The minimum atomic E-state index is -0.217. The Morgan fingerprint density at radius 3 is 2.33 bits per heavy atom. The third-order valence-electron chi connectivity index (χ3n) is 4.35. The molecule has 2 aromatic rings. The van der Waals surface area contributed by atoms with Crippen molar-refractivity contribution in [2.75, 3.05) is 7.05 Å². The Kier molecular flexibility index (Phi) is 4.41. The van der Waals surface area contributed by atoms with Gasteiger partial charge in [0.25, 0.3) is 0 Å². The van der Waals surface area contributed by atoms with E-state index in [2.05, 4.69) is 45.5 Å². The molecule has 1 unspecified atom stereocenters. The van der Waals surface area contributed by atoms with E-state index in [-0.39, 0.29) is 11.9 Å². The highest BCUT2D eigenvalue weighted by molar-refractivity contribution is 9.10. The minimum Gasteiger partial charge on any atom is -0.309 e. The number of benzene rings is 2. The first-order chi connectivity index (χ1) is 10.2. The van der Waals surface area contributed by atoms with Crippen LogP contribution >= 0.6 is 15.9 Å². The Balaban J connectivity index is 1.88. The number of nitrogens with one attached hydrogen (secondary N) is 1. The van der Waals surface area contributed by atoms with Crippen molar-refractivity contribution in [3.05, 3.63) is 69.4 Å². The molecule has 3 heteroatoms. The highest BCUT2D eigenvalue weighted by Crippen LogP contribution is 2.37. The van der Waals surface area contributed by atoms with E-state index in [1.165, 1.54) is 30.9 Å². The molecule has 0 heterocycles. The van der Waals surface area contributed by atoms with Crippen LogP contribution in [0.25, 0.3) is 0 Å². The fourth-order valence-electron chi connectivity index (χ4n) is 2.97. The van der Waals surface area contributed by atoms with Crippen molar-refractivity contribution in [2.24, 2.45) is 0 Å². The maximum atomic E-state index is 13.6. The quantitative estimate of drug-likeness (QED) is 0.804. The summed E-state index contributed by atoms with van der Waals surface area (Å²) in [5.41, 5.74) is 3.53. The van der Waals surface area contributed by atoms with Gasteiger partial charge in [-0.25, -0.2) is 4.39 Å². The Morgan fingerprint density at radius 1 is 1.10 bits per heavy atom. The van der Waals surface area contributed by atoms with Gasteiger partial charge >= 0.3 is 0 Å². The Morgan fingerprint density at radius 2 is 1.81 bits per heavy atom. The first kappa shape index (κ1) is 14.7. The van der Waals surface area contributed by atoms with Crippen LogP contribution in [0.5, 0.6) is 0 Å². The van der Waals surface area contributed by atoms with E-state index in [4.69, 9.17) is 0 Å². The molecule has 0 amide bonds. The lowest BCUT2D eigenvalue weighted by Gasteiger charge is -2.26. The summed E-state index contributed by atoms with van der Waals surface area (Å²) < 4.78 is 14.4. The first-order valence-corrected chi connectivity index (χ1v) is 8.20. The van der Waals surface area contributed by atoms with Gasteiger partial charge in [-0.2, -0.15) is 0 Å². The normalized spacial score (nSPS) is 16.5. The molecule has 0 bridgehead atoms. The zero-order valence-electron chi connectivity index (χ0n) is 12.1. The molecule has 1 aliphatic rings. The van der Waals surface area contributed by atoms with Gasteiger partial charge in [-0.3, -0.25) is 0 Å². The third-order valence-corrected chi connectivity index (χ3v) is 4.81. The fraction of sp³-hybridized carbons (Fsp3) is 0.333. The molecule has 1 aliphatic carbocycles. The van der Waals surface area contributed by atoms with Crippen molar-refractivity contribution in [2.45, 2.75) is 31.2 Å². The van der Waals surface area contributed by atoms with Gasteiger partial charge in [0.15, 0.2) is 0 Å². The predicted octanol–water partition coefficient (Wildman–Crippen LogP) is 5.16. The van der Waals surface area contributed by atoms with Gasteiger partial charge in [0.1, 0.15) is 5.82 Å². The van der Waals surface area contributed by atoms with Crippen molar-refractivity contribution in [1.29, 1.82) is 0 Å². The summed E-state index contributed by atoms with van der Waals surface area (Å²) in [4.78, 5) is 0. The number of halogens is 2. The Bertz CT molecular complexity index is 599. The van der Waals surface area contributed by atoms with Gasteiger partial charge in [-0.05, 0) is 60.7 Å². The highest BCUT2D eigenvalue weighted by Gasteiger charge is 2.20. The number of hydrogen-bond donors (Lipinski definition) is 1. The summed E-state index contributed by atoms with van der Waals surface area (Å²) in [7, 11) is 1.91. The van der Waals surface area contributed by atoms with Crippen molar-refractivity contribution < 1.29 is 4.39 Å². The summed E-state index contributed by atoms with van der Waals surface area (Å²) in [6, 6.07) is 13.8. The molecule has 0 spiro atoms. The SMILES string of the molecule is CNC(c1ccc(C2CCC2)cc1)c1cc(F)cc(Br)c1. The first-order valence-electron chi connectivity index (χ1n) is 7.40. The second kappa shape index (κ2) is 6.29. The van der Waals surface area contributed by atoms with E-state index < -0.39 is 0 Å². The van der Waals surface area contributed by atoms with Crippen LogP contribution in [0.3, 0.4) is 0 Å². The van der Waals surface area contributed by atoms with Gasteiger partial charge in [-0.1, -0.05) is 46.6 Å². The molecule has 1 N–H and O–H groups in total. The molecule has 110 valence electrons. The van der Waals surface area contributed by atoms with Crippen molar-refractivity contribution in [3.8, 4) is 0 Å². The fourth-order valence-corrected chi connectivity index (χ4v) is 3.45. The smallest absolute Gasteiger partial charge is 0.124 e. The highest BCUT2D eigenvalue weighted by atomic mass is 79.9. The second-order valence-corrected chi connectivity index (χ2v) is 6.63. The third kappa shape index (κ3) is 3.19. The van der Waals surface area contributed by atoms with Gasteiger partial charge in [-0.15, -0.1) is 0 Å². The van der Waals surface area contributed by atoms with Crippen LogP contribution < -0.4 is 5.32 Å². The largest absolute Gasteiger partial charge is 0.309 e. The molecule has 1 fully saturated rings. The van der Waals surface area contributed by atoms with E-state index in [0.717, 1.165) is 21.5 Å². The van der Waals surface area contributed by atoms with Crippen LogP contribution in [0.15, 0.2) is 46.9 Å². The lowest BCUT2D eigenvalue weighted by molar-refractivity contribution is 0.419. The summed E-state index contributed by atoms with van der Waals surface area (Å²) in [5, 5.41) is 3.28. The summed E-state index contributed by atoms with van der Waals surface area (Å²) in [6.45, 7) is 0. The maximum absolute atomic E-state index is 13.6. The number of hydrogen-bond acceptors (Lipinski definition) is 1. The van der Waals surface area contributed by atoms with Crippen LogP contribution in [-0.2, 0) is 0 Å². The standard InChI is InChI=1S/C18H19BrFN/c1-21-18(15-9-16(19)11-17(20)10-15)14-7-5-13(6-8-14)12-3-2-4-12/h5-12,18,21H,2-4H2,1H3. The molecule has 1 nitrogen and oxygen atoms in total. The minimum absolute atomic E-state index is 0.00689. The van der Waals surface area contributed by atoms with E-state index in [9.17, 15) is 4.39 Å². The molecule has 0 aliphatic heterocycles. The van der Waals surface area contributed by atoms with Crippen LogP contribution in [0, 0.1) is 5.82 Å². The molecule has 1 atom stereocenters. The van der Waals surface area contributed by atoms with Crippen molar-refractivity contribution in [3.63, 3.8) is 0 Å². The molecule has 21 heavy (non-hydrogen) atoms. The van der Waals surface area contributed by atoms with E-state index in [1.54, 1.807) is 6.07 Å². The van der Waals surface area contributed by atoms with Crippen molar-refractivity contribution in [1.82, 2.24) is 5.32 Å². The Hall–Kier alpha value is -1.19. The monoisotopic (exact) mass is 347 g/mol. The average Bonchev–Trinajstić information content (AvgIpc) is 2.38. The van der Waals surface area contributed by atoms with Crippen LogP contribution in [0.4, 0.5) is 4.39 Å². The van der Waals surface area contributed by atoms with E-state index in [1.807, 2.05) is 13.1 Å². The molecule has 1 saturated carbocycles. The van der Waals surface area contributed by atoms with Gasteiger partial charge in [0.2, 0.25) is 0 Å². The molecule has 0 saturated heterocycles. The van der Waals surface area contributed by atoms with Crippen LogP contribution in [0.2, 0.25) is 0 Å². The van der Waals surface area contributed by atoms with Crippen LogP contribution in [0.1, 0.15) is 47.9 Å². The number of rotatable bonds is 4.